The van der Waals surface area contributed by atoms with Gasteiger partial charge < -0.3 is 14.7 Å². The summed E-state index contributed by atoms with van der Waals surface area (Å²) >= 11 is 0. The topological polar surface area (TPSA) is 91.0 Å². The fraction of sp³-hybridized carbons (Fsp3) is 0.474. The van der Waals surface area contributed by atoms with Crippen molar-refractivity contribution in [3.8, 4) is 0 Å². The van der Waals surface area contributed by atoms with Gasteiger partial charge in [0.1, 0.15) is 17.8 Å². The molecule has 2 heterocycles. The Kier molecular flexibility index (Phi) is 6.86. The third-order valence-corrected chi connectivity index (χ3v) is 6.55. The van der Waals surface area contributed by atoms with Crippen LogP contribution in [0, 0.1) is 12.7 Å². The van der Waals surface area contributed by atoms with Crippen LogP contribution in [0.25, 0.3) is 0 Å². The van der Waals surface area contributed by atoms with Crippen molar-refractivity contribution in [2.45, 2.75) is 26.1 Å². The molecule has 0 radical (unpaired) electrons. The van der Waals surface area contributed by atoms with E-state index in [2.05, 4.69) is 15.5 Å². The molecule has 0 atom stereocenters. The fourth-order valence-electron chi connectivity index (χ4n) is 3.09. The molecule has 158 valence electrons. The Labute approximate surface area is 170 Å². The quantitative estimate of drug-likeness (QED) is 0.562. The molecule has 0 amide bonds. The third kappa shape index (κ3) is 5.54. The summed E-state index contributed by atoms with van der Waals surface area (Å²) in [5, 5.41) is 6.91. The monoisotopic (exact) mass is 423 g/mol. The van der Waals surface area contributed by atoms with Gasteiger partial charge in [0.25, 0.3) is 0 Å². The van der Waals surface area contributed by atoms with Crippen LogP contribution < -0.4 is 5.32 Å². The first kappa shape index (κ1) is 21.3. The minimum Gasteiger partial charge on any atom is -0.364 e. The molecular formula is C19H26FN5O3S. The highest BCUT2D eigenvalue weighted by Crippen LogP contribution is 2.14. The number of hydrogen-bond acceptors (Lipinski definition) is 5. The summed E-state index contributed by atoms with van der Waals surface area (Å²) in [6.45, 7) is 6.50. The summed E-state index contributed by atoms with van der Waals surface area (Å²) in [5.74, 6) is 0.284. The van der Waals surface area contributed by atoms with Crippen LogP contribution in [0.2, 0.25) is 0 Å². The van der Waals surface area contributed by atoms with E-state index >= 15 is 0 Å². The number of sulfonamides is 1. The van der Waals surface area contributed by atoms with E-state index in [9.17, 15) is 12.8 Å². The number of aliphatic imine (C=N–C) groups is 1. The number of piperazine rings is 1. The normalized spacial score (nSPS) is 16.2. The Hall–Kier alpha value is -2.46. The van der Waals surface area contributed by atoms with Gasteiger partial charge in [-0.25, -0.2) is 17.8 Å². The van der Waals surface area contributed by atoms with Crippen molar-refractivity contribution in [1.29, 1.82) is 0 Å². The van der Waals surface area contributed by atoms with Crippen LogP contribution in [-0.4, -0.2) is 61.5 Å². The standard InChI is InChI=1S/C19H26FN5O3S/c1-3-21-19(22-13-16-5-4-15(2)18(20)12-16)24-7-9-25(10-8-24)29(26,27)14-17-6-11-28-23-17/h4-6,11-12H,3,7-10,13-14H2,1-2H3,(H,21,22). The number of benzene rings is 1. The summed E-state index contributed by atoms with van der Waals surface area (Å²) in [5.41, 5.74) is 1.79. The van der Waals surface area contributed by atoms with Gasteiger partial charge in [0, 0.05) is 38.8 Å². The largest absolute Gasteiger partial charge is 0.364 e. The highest BCUT2D eigenvalue weighted by Gasteiger charge is 2.29. The highest BCUT2D eigenvalue weighted by molar-refractivity contribution is 7.88. The Morgan fingerprint density at radius 2 is 2.03 bits per heavy atom. The van der Waals surface area contributed by atoms with E-state index in [-0.39, 0.29) is 11.6 Å². The summed E-state index contributed by atoms with van der Waals surface area (Å²) in [6, 6.07) is 6.65. The Morgan fingerprint density at radius 3 is 2.66 bits per heavy atom. The molecule has 29 heavy (non-hydrogen) atoms. The molecule has 0 saturated carbocycles. The summed E-state index contributed by atoms with van der Waals surface area (Å²) in [7, 11) is -3.45. The third-order valence-electron chi connectivity index (χ3n) is 4.74. The highest BCUT2D eigenvalue weighted by atomic mass is 32.2. The molecule has 1 aromatic carbocycles. The van der Waals surface area contributed by atoms with Gasteiger partial charge in [-0.3, -0.25) is 0 Å². The van der Waals surface area contributed by atoms with Gasteiger partial charge in [0.15, 0.2) is 5.96 Å². The van der Waals surface area contributed by atoms with Crippen LogP contribution >= 0.6 is 0 Å². The van der Waals surface area contributed by atoms with Gasteiger partial charge in [-0.1, -0.05) is 17.3 Å². The van der Waals surface area contributed by atoms with Crippen LogP contribution in [0.1, 0.15) is 23.7 Å². The van der Waals surface area contributed by atoms with E-state index in [1.807, 2.05) is 17.9 Å². The van der Waals surface area contributed by atoms with Crippen LogP contribution in [0.4, 0.5) is 4.39 Å². The van der Waals surface area contributed by atoms with Gasteiger partial charge in [-0.05, 0) is 31.0 Å². The lowest BCUT2D eigenvalue weighted by molar-refractivity contribution is 0.259. The average Bonchev–Trinajstić information content (AvgIpc) is 3.20. The molecule has 0 spiro atoms. The van der Waals surface area contributed by atoms with Crippen molar-refractivity contribution in [2.24, 2.45) is 4.99 Å². The molecular weight excluding hydrogens is 397 g/mol. The molecule has 1 fully saturated rings. The Morgan fingerprint density at radius 1 is 1.28 bits per heavy atom. The van der Waals surface area contributed by atoms with Crippen molar-refractivity contribution >= 4 is 16.0 Å². The van der Waals surface area contributed by atoms with E-state index in [1.54, 1.807) is 19.1 Å². The summed E-state index contributed by atoms with van der Waals surface area (Å²) in [6.07, 6.45) is 1.36. The van der Waals surface area contributed by atoms with Gasteiger partial charge >= 0.3 is 0 Å². The van der Waals surface area contributed by atoms with Gasteiger partial charge in [-0.2, -0.15) is 4.31 Å². The van der Waals surface area contributed by atoms with Gasteiger partial charge in [-0.15, -0.1) is 0 Å². The van der Waals surface area contributed by atoms with Crippen molar-refractivity contribution in [1.82, 2.24) is 19.7 Å². The molecule has 0 bridgehead atoms. The molecule has 0 aliphatic carbocycles. The van der Waals surface area contributed by atoms with E-state index in [0.717, 1.165) is 5.56 Å². The zero-order chi connectivity index (χ0) is 20.9. The lowest BCUT2D eigenvalue weighted by Gasteiger charge is -2.35. The Bertz CT molecular complexity index is 939. The zero-order valence-corrected chi connectivity index (χ0v) is 17.5. The average molecular weight is 424 g/mol. The van der Waals surface area contributed by atoms with Crippen LogP contribution in [0.15, 0.2) is 40.0 Å². The first-order chi connectivity index (χ1) is 13.9. The first-order valence-corrected chi connectivity index (χ1v) is 11.2. The number of guanidine groups is 1. The van der Waals surface area contributed by atoms with Crippen molar-refractivity contribution in [3.63, 3.8) is 0 Å². The maximum Gasteiger partial charge on any atom is 0.220 e. The maximum atomic E-state index is 13.7. The molecule has 2 aromatic rings. The summed E-state index contributed by atoms with van der Waals surface area (Å²) in [4.78, 5) is 6.62. The molecule has 1 saturated heterocycles. The minimum absolute atomic E-state index is 0.170. The second-order valence-corrected chi connectivity index (χ2v) is 8.86. The van der Waals surface area contributed by atoms with Crippen LogP contribution in [0.5, 0.6) is 0 Å². The van der Waals surface area contributed by atoms with Crippen LogP contribution in [0.3, 0.4) is 0 Å². The molecule has 3 rings (SSSR count). The number of halogens is 1. The second-order valence-electron chi connectivity index (χ2n) is 6.89. The van der Waals surface area contributed by atoms with E-state index < -0.39 is 10.0 Å². The second kappa shape index (κ2) is 9.36. The van der Waals surface area contributed by atoms with Gasteiger partial charge in [0.2, 0.25) is 10.0 Å². The molecule has 1 aliphatic rings. The number of hydrogen-bond donors (Lipinski definition) is 1. The predicted octanol–water partition coefficient (Wildman–Crippen LogP) is 1.74. The number of aromatic nitrogens is 1. The molecule has 1 N–H and O–H groups in total. The lowest BCUT2D eigenvalue weighted by Crippen LogP contribution is -2.53. The maximum absolute atomic E-state index is 13.7. The number of aryl methyl sites for hydroxylation is 1. The van der Waals surface area contributed by atoms with E-state index in [1.165, 1.54) is 16.6 Å². The van der Waals surface area contributed by atoms with E-state index in [0.29, 0.717) is 56.5 Å². The minimum atomic E-state index is -3.45. The van der Waals surface area contributed by atoms with E-state index in [4.69, 9.17) is 4.52 Å². The van der Waals surface area contributed by atoms with Crippen molar-refractivity contribution < 1.29 is 17.3 Å². The summed E-state index contributed by atoms with van der Waals surface area (Å²) < 4.78 is 45.1. The molecule has 1 aromatic heterocycles. The smallest absolute Gasteiger partial charge is 0.220 e. The van der Waals surface area contributed by atoms with Crippen molar-refractivity contribution in [3.05, 3.63) is 53.2 Å². The molecule has 0 unspecified atom stereocenters. The van der Waals surface area contributed by atoms with Gasteiger partial charge in [0.05, 0.1) is 12.2 Å². The predicted molar refractivity (Wildman–Crippen MR) is 108 cm³/mol. The fourth-order valence-corrected chi connectivity index (χ4v) is 4.52. The van der Waals surface area contributed by atoms with Crippen LogP contribution in [-0.2, 0) is 22.3 Å². The zero-order valence-electron chi connectivity index (χ0n) is 16.6. The molecule has 10 heteroatoms. The Balaban J connectivity index is 1.62. The SMILES string of the molecule is CCNC(=NCc1ccc(C)c(F)c1)N1CCN(S(=O)(=O)Cc2ccon2)CC1. The molecule has 1 aliphatic heterocycles. The first-order valence-electron chi connectivity index (χ1n) is 9.54. The number of nitrogens with zero attached hydrogens (tertiary/aromatic N) is 4. The lowest BCUT2D eigenvalue weighted by atomic mass is 10.1. The number of rotatable bonds is 6. The number of nitrogens with one attached hydrogen (secondary N) is 1. The molecule has 8 nitrogen and oxygen atoms in total. The van der Waals surface area contributed by atoms with Crippen molar-refractivity contribution in [2.75, 3.05) is 32.7 Å².